The topological polar surface area (TPSA) is 46.3 Å². The number of halogens is 1. The van der Waals surface area contributed by atoms with Crippen LogP contribution in [0, 0.1) is 0 Å². The molecule has 3 nitrogen and oxygen atoms in total. The molecule has 0 fully saturated rings. The van der Waals surface area contributed by atoms with Crippen LogP contribution in [0.4, 0.5) is 11.4 Å². The molecule has 0 radical (unpaired) electrons. The Morgan fingerprint density at radius 2 is 1.80 bits per heavy atom. The fraction of sp³-hybridized carbons (Fsp3) is 0.188. The van der Waals surface area contributed by atoms with Crippen LogP contribution >= 0.6 is 15.9 Å². The molecule has 0 aliphatic carbocycles. The van der Waals surface area contributed by atoms with E-state index in [1.54, 1.807) is 4.90 Å². The second-order valence-electron chi connectivity index (χ2n) is 4.92. The van der Waals surface area contributed by atoms with E-state index >= 15 is 0 Å². The first kappa shape index (κ1) is 13.3. The van der Waals surface area contributed by atoms with E-state index in [2.05, 4.69) is 22.0 Å². The average molecular weight is 331 g/mol. The zero-order chi connectivity index (χ0) is 14.1. The highest BCUT2D eigenvalue weighted by atomic mass is 79.9. The van der Waals surface area contributed by atoms with E-state index in [0.717, 1.165) is 27.8 Å². The lowest BCUT2D eigenvalue weighted by atomic mass is 10.1. The van der Waals surface area contributed by atoms with Crippen molar-refractivity contribution in [3.05, 3.63) is 58.6 Å². The standard InChI is InChI=1S/C16H15BrN2O/c17-12-6-8-13(9-7-12)19-15-4-2-1-3-11(15)5-10-14(18)16(19)20/h1-4,6-9,14H,5,10,18H2. The van der Waals surface area contributed by atoms with Crippen LogP contribution in [-0.2, 0) is 11.2 Å². The normalized spacial score (nSPS) is 18.6. The highest BCUT2D eigenvalue weighted by molar-refractivity contribution is 9.10. The van der Waals surface area contributed by atoms with Crippen molar-refractivity contribution < 1.29 is 4.79 Å². The third kappa shape index (κ3) is 2.37. The Morgan fingerprint density at radius 1 is 1.10 bits per heavy atom. The number of hydrogen-bond donors (Lipinski definition) is 1. The molecule has 3 rings (SSSR count). The Labute approximate surface area is 126 Å². The van der Waals surface area contributed by atoms with E-state index in [9.17, 15) is 4.79 Å². The largest absolute Gasteiger partial charge is 0.320 e. The Bertz CT molecular complexity index is 639. The summed E-state index contributed by atoms with van der Waals surface area (Å²) in [5.41, 5.74) is 8.97. The van der Waals surface area contributed by atoms with Gasteiger partial charge in [-0.3, -0.25) is 9.69 Å². The summed E-state index contributed by atoms with van der Waals surface area (Å²) in [6.45, 7) is 0. The van der Waals surface area contributed by atoms with Gasteiger partial charge in [0, 0.05) is 10.2 Å². The number of para-hydroxylation sites is 1. The number of carbonyl (C=O) groups is 1. The van der Waals surface area contributed by atoms with Crippen molar-refractivity contribution in [3.63, 3.8) is 0 Å². The highest BCUT2D eigenvalue weighted by Gasteiger charge is 2.28. The lowest BCUT2D eigenvalue weighted by Crippen LogP contribution is -2.40. The van der Waals surface area contributed by atoms with E-state index in [4.69, 9.17) is 5.73 Å². The van der Waals surface area contributed by atoms with Gasteiger partial charge in [-0.05, 0) is 48.7 Å². The number of hydrogen-bond acceptors (Lipinski definition) is 2. The van der Waals surface area contributed by atoms with Crippen molar-refractivity contribution in [3.8, 4) is 0 Å². The van der Waals surface area contributed by atoms with Crippen molar-refractivity contribution in [2.45, 2.75) is 18.9 Å². The second kappa shape index (κ2) is 5.38. The van der Waals surface area contributed by atoms with Crippen molar-refractivity contribution >= 4 is 33.2 Å². The molecular weight excluding hydrogens is 316 g/mol. The maximum atomic E-state index is 12.6. The summed E-state index contributed by atoms with van der Waals surface area (Å²) in [7, 11) is 0. The van der Waals surface area contributed by atoms with Crippen LogP contribution in [0.25, 0.3) is 0 Å². The molecule has 2 aromatic carbocycles. The molecule has 1 aliphatic heterocycles. The van der Waals surface area contributed by atoms with Crippen molar-refractivity contribution in [1.82, 2.24) is 0 Å². The minimum absolute atomic E-state index is 0.0442. The maximum Gasteiger partial charge on any atom is 0.248 e. The summed E-state index contributed by atoms with van der Waals surface area (Å²) >= 11 is 3.42. The Kier molecular flexibility index (Phi) is 3.59. The van der Waals surface area contributed by atoms with Crippen LogP contribution in [0.2, 0.25) is 0 Å². The molecule has 1 amide bonds. The minimum atomic E-state index is -0.453. The van der Waals surface area contributed by atoms with Gasteiger partial charge >= 0.3 is 0 Å². The van der Waals surface area contributed by atoms with E-state index in [1.807, 2.05) is 42.5 Å². The van der Waals surface area contributed by atoms with E-state index in [-0.39, 0.29) is 5.91 Å². The number of benzene rings is 2. The minimum Gasteiger partial charge on any atom is -0.320 e. The molecule has 4 heteroatoms. The van der Waals surface area contributed by atoms with Gasteiger partial charge in [0.25, 0.3) is 0 Å². The number of fused-ring (bicyclic) bond motifs is 1. The number of aryl methyl sites for hydroxylation is 1. The zero-order valence-electron chi connectivity index (χ0n) is 10.9. The molecule has 0 saturated heterocycles. The van der Waals surface area contributed by atoms with Crippen LogP contribution < -0.4 is 10.6 Å². The van der Waals surface area contributed by atoms with E-state index in [1.165, 1.54) is 0 Å². The molecule has 0 aromatic heterocycles. The first-order valence-corrected chi connectivity index (χ1v) is 7.39. The van der Waals surface area contributed by atoms with Gasteiger partial charge in [-0.25, -0.2) is 0 Å². The first-order valence-electron chi connectivity index (χ1n) is 6.60. The average Bonchev–Trinajstić information content (AvgIpc) is 2.59. The van der Waals surface area contributed by atoms with Crippen LogP contribution in [0.1, 0.15) is 12.0 Å². The van der Waals surface area contributed by atoms with Gasteiger partial charge in [-0.1, -0.05) is 34.1 Å². The fourth-order valence-corrected chi connectivity index (χ4v) is 2.78. The smallest absolute Gasteiger partial charge is 0.248 e. The van der Waals surface area contributed by atoms with Crippen LogP contribution in [0.15, 0.2) is 53.0 Å². The van der Waals surface area contributed by atoms with Gasteiger partial charge in [0.2, 0.25) is 5.91 Å². The zero-order valence-corrected chi connectivity index (χ0v) is 12.5. The van der Waals surface area contributed by atoms with Gasteiger partial charge in [-0.15, -0.1) is 0 Å². The Hall–Kier alpha value is -1.65. The molecule has 0 saturated carbocycles. The number of anilines is 2. The summed E-state index contributed by atoms with van der Waals surface area (Å²) in [4.78, 5) is 14.3. The van der Waals surface area contributed by atoms with Gasteiger partial charge in [0.15, 0.2) is 0 Å². The number of rotatable bonds is 1. The van der Waals surface area contributed by atoms with E-state index < -0.39 is 6.04 Å². The summed E-state index contributed by atoms with van der Waals surface area (Å²) < 4.78 is 0.987. The number of nitrogens with zero attached hydrogens (tertiary/aromatic N) is 1. The molecule has 2 aromatic rings. The van der Waals surface area contributed by atoms with Gasteiger partial charge in [-0.2, -0.15) is 0 Å². The Balaban J connectivity index is 2.14. The molecule has 102 valence electrons. The van der Waals surface area contributed by atoms with Crippen LogP contribution in [0.3, 0.4) is 0 Å². The van der Waals surface area contributed by atoms with Crippen LogP contribution in [0.5, 0.6) is 0 Å². The van der Waals surface area contributed by atoms with Crippen LogP contribution in [-0.4, -0.2) is 11.9 Å². The number of amides is 1. The highest BCUT2D eigenvalue weighted by Crippen LogP contribution is 2.33. The monoisotopic (exact) mass is 330 g/mol. The predicted octanol–water partition coefficient (Wildman–Crippen LogP) is 3.39. The predicted molar refractivity (Wildman–Crippen MR) is 84.0 cm³/mol. The molecule has 2 N–H and O–H groups in total. The van der Waals surface area contributed by atoms with Gasteiger partial charge in [0.1, 0.15) is 0 Å². The SMILES string of the molecule is NC1CCc2ccccc2N(c2ccc(Br)cc2)C1=O. The van der Waals surface area contributed by atoms with Crippen molar-refractivity contribution in [2.24, 2.45) is 5.73 Å². The maximum absolute atomic E-state index is 12.6. The molecule has 1 aliphatic rings. The summed E-state index contributed by atoms with van der Waals surface area (Å²) in [6.07, 6.45) is 1.51. The van der Waals surface area contributed by atoms with Crippen molar-refractivity contribution in [1.29, 1.82) is 0 Å². The summed E-state index contributed by atoms with van der Waals surface area (Å²) in [5, 5.41) is 0. The lowest BCUT2D eigenvalue weighted by Gasteiger charge is -2.24. The molecule has 1 atom stereocenters. The number of carbonyl (C=O) groups excluding carboxylic acids is 1. The molecule has 1 unspecified atom stereocenters. The lowest BCUT2D eigenvalue weighted by molar-refractivity contribution is -0.119. The summed E-state index contributed by atoms with van der Waals surface area (Å²) in [5.74, 6) is -0.0442. The van der Waals surface area contributed by atoms with Gasteiger partial charge < -0.3 is 5.73 Å². The van der Waals surface area contributed by atoms with Gasteiger partial charge in [0.05, 0.1) is 11.7 Å². The van der Waals surface area contributed by atoms with Crippen molar-refractivity contribution in [2.75, 3.05) is 4.90 Å². The third-order valence-electron chi connectivity index (χ3n) is 3.58. The first-order chi connectivity index (χ1) is 9.66. The third-order valence-corrected chi connectivity index (χ3v) is 4.11. The number of nitrogens with two attached hydrogens (primary N) is 1. The molecule has 0 spiro atoms. The second-order valence-corrected chi connectivity index (χ2v) is 5.84. The molecular formula is C16H15BrN2O. The molecule has 1 heterocycles. The molecule has 0 bridgehead atoms. The quantitative estimate of drug-likeness (QED) is 0.871. The summed E-state index contributed by atoms with van der Waals surface area (Å²) in [6, 6.07) is 15.3. The fourth-order valence-electron chi connectivity index (χ4n) is 2.52. The Morgan fingerprint density at radius 3 is 2.55 bits per heavy atom. The molecule has 20 heavy (non-hydrogen) atoms. The van der Waals surface area contributed by atoms with E-state index in [0.29, 0.717) is 6.42 Å².